The first kappa shape index (κ1) is 28.7. The molecule has 1 aliphatic rings. The monoisotopic (exact) mass is 580 g/mol. The van der Waals surface area contributed by atoms with E-state index in [1.54, 1.807) is 60.7 Å². The van der Waals surface area contributed by atoms with Crippen LogP contribution >= 0.6 is 23.2 Å². The van der Waals surface area contributed by atoms with Gasteiger partial charge in [-0.2, -0.15) is 0 Å². The highest BCUT2D eigenvalue weighted by Crippen LogP contribution is 2.36. The zero-order valence-corrected chi connectivity index (χ0v) is 23.3. The molecule has 0 bridgehead atoms. The van der Waals surface area contributed by atoms with Crippen LogP contribution in [-0.2, 0) is 22.6 Å². The van der Waals surface area contributed by atoms with Crippen LogP contribution in [0.5, 0.6) is 17.2 Å². The molecule has 1 N–H and O–H groups in total. The average Bonchev–Trinajstić information content (AvgIpc) is 2.92. The van der Waals surface area contributed by atoms with Crippen molar-refractivity contribution in [3.8, 4) is 17.2 Å². The molecular formula is C30H26Cl2N2O6. The van der Waals surface area contributed by atoms with Crippen molar-refractivity contribution in [1.29, 1.82) is 0 Å². The first-order valence-corrected chi connectivity index (χ1v) is 13.0. The number of urea groups is 1. The van der Waals surface area contributed by atoms with Crippen LogP contribution in [-0.4, -0.2) is 31.6 Å². The number of imide groups is 2. The lowest BCUT2D eigenvalue weighted by atomic mass is 10.0. The second-order valence-electron chi connectivity index (χ2n) is 8.61. The molecule has 1 saturated heterocycles. The van der Waals surface area contributed by atoms with Gasteiger partial charge in [0.15, 0.2) is 11.5 Å². The third-order valence-electron chi connectivity index (χ3n) is 5.95. The fourth-order valence-corrected chi connectivity index (χ4v) is 4.54. The minimum Gasteiger partial charge on any atom is -0.497 e. The minimum absolute atomic E-state index is 0.153. The summed E-state index contributed by atoms with van der Waals surface area (Å²) in [6, 6.07) is 14.1. The molecule has 1 heterocycles. The number of barbiturate groups is 1. The van der Waals surface area contributed by atoms with Crippen molar-refractivity contribution < 1.29 is 28.6 Å². The van der Waals surface area contributed by atoms with Crippen LogP contribution in [0.25, 0.3) is 6.08 Å². The van der Waals surface area contributed by atoms with E-state index in [9.17, 15) is 14.4 Å². The molecule has 0 spiro atoms. The number of amides is 4. The normalized spacial score (nSPS) is 14.2. The summed E-state index contributed by atoms with van der Waals surface area (Å²) in [4.78, 5) is 39.6. The molecule has 40 heavy (non-hydrogen) atoms. The smallest absolute Gasteiger partial charge is 0.335 e. The highest BCUT2D eigenvalue weighted by atomic mass is 35.5. The van der Waals surface area contributed by atoms with Gasteiger partial charge in [-0.25, -0.2) is 9.69 Å². The molecule has 4 amide bonds. The fraction of sp³-hybridized carbons (Fsp3) is 0.167. The van der Waals surface area contributed by atoms with Crippen LogP contribution < -0.4 is 24.4 Å². The van der Waals surface area contributed by atoms with Gasteiger partial charge in [-0.05, 0) is 73.5 Å². The number of carbonyl (C=O) groups is 3. The first-order valence-electron chi connectivity index (χ1n) is 12.3. The highest BCUT2D eigenvalue weighted by Gasteiger charge is 2.37. The third-order valence-corrected chi connectivity index (χ3v) is 6.54. The molecular weight excluding hydrogens is 555 g/mol. The second kappa shape index (κ2) is 12.7. The van der Waals surface area contributed by atoms with Gasteiger partial charge < -0.3 is 14.2 Å². The molecule has 0 aromatic heterocycles. The number of hydrogen-bond acceptors (Lipinski definition) is 6. The van der Waals surface area contributed by atoms with Crippen LogP contribution in [0.4, 0.5) is 10.5 Å². The Bertz CT molecular complexity index is 1500. The topological polar surface area (TPSA) is 94.2 Å². The van der Waals surface area contributed by atoms with Gasteiger partial charge in [-0.3, -0.25) is 14.9 Å². The summed E-state index contributed by atoms with van der Waals surface area (Å²) < 4.78 is 17.2. The number of rotatable bonds is 10. The molecule has 3 aromatic rings. The number of halogens is 2. The number of methoxy groups -OCH3 is 1. The van der Waals surface area contributed by atoms with Crippen molar-refractivity contribution in [1.82, 2.24) is 5.32 Å². The summed E-state index contributed by atoms with van der Waals surface area (Å²) >= 11 is 12.3. The van der Waals surface area contributed by atoms with Gasteiger partial charge in [-0.1, -0.05) is 35.3 Å². The maximum atomic E-state index is 13.4. The Morgan fingerprint density at radius 1 is 0.975 bits per heavy atom. The second-order valence-corrected chi connectivity index (χ2v) is 9.46. The van der Waals surface area contributed by atoms with Gasteiger partial charge in [0.2, 0.25) is 0 Å². The van der Waals surface area contributed by atoms with Gasteiger partial charge in [0, 0.05) is 21.2 Å². The van der Waals surface area contributed by atoms with E-state index >= 15 is 0 Å². The Labute approximate surface area is 241 Å². The number of hydrogen-bond donors (Lipinski definition) is 1. The van der Waals surface area contributed by atoms with E-state index in [4.69, 9.17) is 37.4 Å². The average molecular weight is 581 g/mol. The molecule has 3 aromatic carbocycles. The minimum atomic E-state index is -0.843. The number of ether oxygens (including phenoxy) is 3. The zero-order valence-electron chi connectivity index (χ0n) is 21.8. The summed E-state index contributed by atoms with van der Waals surface area (Å²) in [7, 11) is 1.51. The number of benzene rings is 3. The number of nitrogens with one attached hydrogen (secondary N) is 1. The molecule has 0 aliphatic carbocycles. The number of allylic oxidation sites excluding steroid dienone is 1. The predicted molar refractivity (Wildman–Crippen MR) is 154 cm³/mol. The number of nitrogens with zero attached hydrogens (tertiary/aromatic N) is 1. The lowest BCUT2D eigenvalue weighted by Crippen LogP contribution is -2.54. The summed E-state index contributed by atoms with van der Waals surface area (Å²) in [5, 5.41) is 3.21. The standard InChI is InChI=1S/C30H26Cl2N2O6/c1-4-6-19-13-18(15-26(39-5-2)27(19)40-17-20-7-8-21(31)16-25(20)32)14-24-28(35)33-30(37)34(29(24)36)22-9-11-23(38-3)12-10-22/h4,7-16H,1,5-6,17H2,2-3H3,(H,33,35,37)/b24-14+. The summed E-state index contributed by atoms with van der Waals surface area (Å²) in [5.41, 5.74) is 2.01. The van der Waals surface area contributed by atoms with Crippen LogP contribution in [0.15, 0.2) is 72.8 Å². The van der Waals surface area contributed by atoms with Crippen LogP contribution in [0.1, 0.15) is 23.6 Å². The molecule has 8 nitrogen and oxygen atoms in total. The van der Waals surface area contributed by atoms with Crippen molar-refractivity contribution >= 4 is 52.8 Å². The zero-order chi connectivity index (χ0) is 28.8. The lowest BCUT2D eigenvalue weighted by Gasteiger charge is -2.26. The Hall–Kier alpha value is -4.27. The maximum Gasteiger partial charge on any atom is 0.335 e. The maximum absolute atomic E-state index is 13.4. The SMILES string of the molecule is C=CCc1cc(/C=C2\C(=O)NC(=O)N(c3ccc(OC)cc3)C2=O)cc(OCC)c1OCc1ccc(Cl)cc1Cl. The molecule has 10 heteroatoms. The quantitative estimate of drug-likeness (QED) is 0.170. The number of carbonyl (C=O) groups excluding carboxylic acids is 3. The molecule has 0 unspecified atom stereocenters. The van der Waals surface area contributed by atoms with Gasteiger partial charge in [0.25, 0.3) is 11.8 Å². The molecule has 1 aliphatic heterocycles. The Kier molecular flexibility index (Phi) is 9.14. The summed E-state index contributed by atoms with van der Waals surface area (Å²) in [6.45, 7) is 6.15. The highest BCUT2D eigenvalue weighted by molar-refractivity contribution is 6.39. The third kappa shape index (κ3) is 6.30. The molecule has 206 valence electrons. The van der Waals surface area contributed by atoms with Crippen molar-refractivity contribution in [3.05, 3.63) is 99.6 Å². The van der Waals surface area contributed by atoms with E-state index < -0.39 is 17.8 Å². The Morgan fingerprint density at radius 2 is 1.73 bits per heavy atom. The van der Waals surface area contributed by atoms with E-state index in [2.05, 4.69) is 11.9 Å². The van der Waals surface area contributed by atoms with Crippen molar-refractivity contribution in [2.24, 2.45) is 0 Å². The first-order chi connectivity index (χ1) is 19.2. The number of anilines is 1. The van der Waals surface area contributed by atoms with Gasteiger partial charge >= 0.3 is 6.03 Å². The van der Waals surface area contributed by atoms with Crippen LogP contribution in [0.2, 0.25) is 10.0 Å². The molecule has 0 saturated carbocycles. The van der Waals surface area contributed by atoms with Gasteiger partial charge in [-0.15, -0.1) is 6.58 Å². The Balaban J connectivity index is 1.71. The molecule has 0 radical (unpaired) electrons. The van der Waals surface area contributed by atoms with Gasteiger partial charge in [0.1, 0.15) is 17.9 Å². The van der Waals surface area contributed by atoms with E-state index in [0.29, 0.717) is 51.4 Å². The summed E-state index contributed by atoms with van der Waals surface area (Å²) in [5.74, 6) is -0.130. The Morgan fingerprint density at radius 3 is 2.38 bits per heavy atom. The summed E-state index contributed by atoms with van der Waals surface area (Å²) in [6.07, 6.45) is 3.53. The van der Waals surface area contributed by atoms with Crippen LogP contribution in [0, 0.1) is 0 Å². The molecule has 4 rings (SSSR count). The predicted octanol–water partition coefficient (Wildman–Crippen LogP) is 6.37. The van der Waals surface area contributed by atoms with E-state index in [-0.39, 0.29) is 17.9 Å². The van der Waals surface area contributed by atoms with Crippen molar-refractivity contribution in [3.63, 3.8) is 0 Å². The van der Waals surface area contributed by atoms with E-state index in [1.165, 1.54) is 13.2 Å². The lowest BCUT2D eigenvalue weighted by molar-refractivity contribution is -0.122. The fourth-order valence-electron chi connectivity index (χ4n) is 4.08. The largest absolute Gasteiger partial charge is 0.497 e. The van der Waals surface area contributed by atoms with E-state index in [0.717, 1.165) is 10.5 Å². The molecule has 1 fully saturated rings. The van der Waals surface area contributed by atoms with Crippen molar-refractivity contribution in [2.75, 3.05) is 18.6 Å². The van der Waals surface area contributed by atoms with E-state index in [1.807, 2.05) is 6.92 Å². The van der Waals surface area contributed by atoms with Crippen LogP contribution in [0.3, 0.4) is 0 Å². The van der Waals surface area contributed by atoms with Gasteiger partial charge in [0.05, 0.1) is 19.4 Å². The molecule has 0 atom stereocenters. The van der Waals surface area contributed by atoms with Crippen molar-refractivity contribution in [2.45, 2.75) is 20.0 Å².